The van der Waals surface area contributed by atoms with E-state index < -0.39 is 0 Å². The fraction of sp³-hybridized carbons (Fsp3) is 0.476. The average Bonchev–Trinajstić information content (AvgIpc) is 3.26. The third-order valence-corrected chi connectivity index (χ3v) is 5.72. The zero-order valence-electron chi connectivity index (χ0n) is 16.9. The largest absolute Gasteiger partial charge is 0.497 e. The molecule has 0 radical (unpaired) electrons. The Bertz CT molecular complexity index is 734. The Morgan fingerprint density at radius 2 is 1.89 bits per heavy atom. The van der Waals surface area contributed by atoms with Gasteiger partial charge in [0.2, 0.25) is 0 Å². The Balaban J connectivity index is 1.57. The number of aliphatic imine (C=N–C) groups is 1. The number of nitrogens with zero attached hydrogens (tertiary/aromatic N) is 2. The molecule has 0 atom stereocenters. The highest BCUT2D eigenvalue weighted by Crippen LogP contribution is 2.30. The second kappa shape index (κ2) is 10.2. The average molecular weight is 403 g/mol. The van der Waals surface area contributed by atoms with Gasteiger partial charge in [-0.25, -0.2) is 4.99 Å². The molecule has 0 unspecified atom stereocenters. The molecule has 2 aromatic rings. The third kappa shape index (κ3) is 5.55. The lowest BCUT2D eigenvalue weighted by Crippen LogP contribution is -2.48. The zero-order chi connectivity index (χ0) is 19.8. The van der Waals surface area contributed by atoms with E-state index in [1.54, 1.807) is 25.6 Å². The van der Waals surface area contributed by atoms with Crippen molar-refractivity contribution in [3.05, 3.63) is 40.6 Å². The van der Waals surface area contributed by atoms with Gasteiger partial charge in [-0.3, -0.25) is 0 Å². The summed E-state index contributed by atoms with van der Waals surface area (Å²) in [4.78, 5) is 8.40. The lowest BCUT2D eigenvalue weighted by molar-refractivity contribution is 0.393. The normalized spacial score (nSPS) is 15.4. The van der Waals surface area contributed by atoms with E-state index in [-0.39, 0.29) is 0 Å². The predicted molar refractivity (Wildman–Crippen MR) is 117 cm³/mol. The summed E-state index contributed by atoms with van der Waals surface area (Å²) in [6, 6.07) is 10.7. The fourth-order valence-corrected chi connectivity index (χ4v) is 3.96. The first-order valence-electron chi connectivity index (χ1n) is 9.77. The molecule has 7 heteroatoms. The lowest BCUT2D eigenvalue weighted by atomic mass is 10.0. The number of thiophene rings is 1. The van der Waals surface area contributed by atoms with Crippen LogP contribution in [0.3, 0.4) is 0 Å². The molecule has 0 aliphatic carbocycles. The minimum absolute atomic E-state index is 0.421. The summed E-state index contributed by atoms with van der Waals surface area (Å²) in [7, 11) is 3.37. The van der Waals surface area contributed by atoms with Crippen LogP contribution in [-0.4, -0.2) is 45.9 Å². The lowest BCUT2D eigenvalue weighted by Gasteiger charge is -2.34. The van der Waals surface area contributed by atoms with Crippen LogP contribution >= 0.6 is 11.3 Å². The molecule has 6 nitrogen and oxygen atoms in total. The van der Waals surface area contributed by atoms with Crippen molar-refractivity contribution >= 4 is 23.0 Å². The van der Waals surface area contributed by atoms with Gasteiger partial charge in [-0.05, 0) is 31.2 Å². The maximum atomic E-state index is 5.40. The van der Waals surface area contributed by atoms with Crippen LogP contribution in [0.25, 0.3) is 0 Å². The highest BCUT2D eigenvalue weighted by Gasteiger charge is 2.21. The van der Waals surface area contributed by atoms with Crippen LogP contribution < -0.4 is 25.0 Å². The molecule has 152 valence electrons. The Morgan fingerprint density at radius 3 is 2.46 bits per heavy atom. The molecular formula is C21H30N4O2S. The molecular weight excluding hydrogens is 372 g/mol. The van der Waals surface area contributed by atoms with E-state index >= 15 is 0 Å². The molecule has 28 heavy (non-hydrogen) atoms. The first-order valence-corrected chi connectivity index (χ1v) is 10.6. The Hall–Kier alpha value is -2.41. The van der Waals surface area contributed by atoms with Crippen LogP contribution in [0.4, 0.5) is 5.69 Å². The summed E-state index contributed by atoms with van der Waals surface area (Å²) in [6.45, 7) is 5.64. The number of benzene rings is 1. The van der Waals surface area contributed by atoms with Gasteiger partial charge in [0.1, 0.15) is 11.5 Å². The van der Waals surface area contributed by atoms with Crippen LogP contribution in [0, 0.1) is 0 Å². The van der Waals surface area contributed by atoms with E-state index in [2.05, 4.69) is 52.1 Å². The van der Waals surface area contributed by atoms with Crippen molar-refractivity contribution < 1.29 is 9.47 Å². The molecule has 1 aliphatic heterocycles. The number of ether oxygens (including phenoxy) is 2. The number of hydrogen-bond acceptors (Lipinski definition) is 5. The Morgan fingerprint density at radius 1 is 1.18 bits per heavy atom. The summed E-state index contributed by atoms with van der Waals surface area (Å²) < 4.78 is 10.8. The molecule has 1 aromatic carbocycles. The molecule has 1 aromatic heterocycles. The van der Waals surface area contributed by atoms with E-state index in [4.69, 9.17) is 14.5 Å². The van der Waals surface area contributed by atoms with Gasteiger partial charge in [-0.2, -0.15) is 0 Å². The van der Waals surface area contributed by atoms with Crippen LogP contribution in [0.5, 0.6) is 11.5 Å². The summed E-state index contributed by atoms with van der Waals surface area (Å²) in [5.41, 5.74) is 1.15. The van der Waals surface area contributed by atoms with Crippen molar-refractivity contribution in [3.8, 4) is 11.5 Å². The number of guanidine groups is 1. The molecule has 0 bridgehead atoms. The van der Waals surface area contributed by atoms with Crippen molar-refractivity contribution in [3.63, 3.8) is 0 Å². The first kappa shape index (κ1) is 20.3. The molecule has 0 spiro atoms. The summed E-state index contributed by atoms with van der Waals surface area (Å²) >= 11 is 1.74. The van der Waals surface area contributed by atoms with Gasteiger partial charge in [0.25, 0.3) is 0 Å². The molecule has 3 rings (SSSR count). The van der Waals surface area contributed by atoms with Gasteiger partial charge < -0.3 is 25.0 Å². The predicted octanol–water partition coefficient (Wildman–Crippen LogP) is 3.49. The number of nitrogens with one attached hydrogen (secondary N) is 2. The van der Waals surface area contributed by atoms with Gasteiger partial charge in [0.15, 0.2) is 5.96 Å². The Labute approximate surface area is 171 Å². The van der Waals surface area contributed by atoms with E-state index in [0.717, 1.165) is 62.2 Å². The van der Waals surface area contributed by atoms with Gasteiger partial charge >= 0.3 is 0 Å². The Kier molecular flexibility index (Phi) is 7.42. The van der Waals surface area contributed by atoms with Crippen LogP contribution in [0.2, 0.25) is 0 Å². The van der Waals surface area contributed by atoms with Gasteiger partial charge in [-0.15, -0.1) is 11.3 Å². The highest BCUT2D eigenvalue weighted by atomic mass is 32.1. The third-order valence-electron chi connectivity index (χ3n) is 4.85. The van der Waals surface area contributed by atoms with Gasteiger partial charge in [0, 0.05) is 54.4 Å². The number of hydrogen-bond donors (Lipinski definition) is 2. The standard InChI is InChI=1S/C21H30N4O2S/c1-4-22-21(23-15-20-6-5-11-28-20)24-16-7-9-25(10-8-16)17-12-18(26-2)14-19(13-17)27-3/h5-6,11-14,16H,4,7-10,15H2,1-3H3,(H2,22,23,24). The van der Waals surface area contributed by atoms with Gasteiger partial charge in [-0.1, -0.05) is 6.07 Å². The second-order valence-electron chi connectivity index (χ2n) is 6.75. The molecule has 1 aliphatic rings. The first-order chi connectivity index (χ1) is 13.7. The van der Waals surface area contributed by atoms with E-state index in [9.17, 15) is 0 Å². The van der Waals surface area contributed by atoms with Crippen LogP contribution in [0.15, 0.2) is 40.7 Å². The molecule has 1 saturated heterocycles. The maximum Gasteiger partial charge on any atom is 0.191 e. The number of anilines is 1. The topological polar surface area (TPSA) is 58.1 Å². The van der Waals surface area contributed by atoms with Crippen molar-refractivity contribution in [2.24, 2.45) is 4.99 Å². The summed E-state index contributed by atoms with van der Waals surface area (Å²) in [5.74, 6) is 2.55. The SMILES string of the molecule is CCNC(=NCc1cccs1)NC1CCN(c2cc(OC)cc(OC)c2)CC1. The monoisotopic (exact) mass is 402 g/mol. The zero-order valence-corrected chi connectivity index (χ0v) is 17.7. The van der Waals surface area contributed by atoms with Gasteiger partial charge in [0.05, 0.1) is 20.8 Å². The number of rotatable bonds is 7. The van der Waals surface area contributed by atoms with Crippen molar-refractivity contribution in [2.75, 3.05) is 38.8 Å². The highest BCUT2D eigenvalue weighted by molar-refractivity contribution is 7.09. The molecule has 2 heterocycles. The van der Waals surface area contributed by atoms with Crippen molar-refractivity contribution in [1.82, 2.24) is 10.6 Å². The van der Waals surface area contributed by atoms with E-state index in [1.807, 2.05) is 6.07 Å². The maximum absolute atomic E-state index is 5.40. The van der Waals surface area contributed by atoms with Crippen LogP contribution in [-0.2, 0) is 6.54 Å². The van der Waals surface area contributed by atoms with Crippen molar-refractivity contribution in [1.29, 1.82) is 0 Å². The van der Waals surface area contributed by atoms with E-state index in [1.165, 1.54) is 4.88 Å². The molecule has 0 saturated carbocycles. The number of methoxy groups -OCH3 is 2. The summed E-state index contributed by atoms with van der Waals surface area (Å²) in [6.07, 6.45) is 2.12. The fourth-order valence-electron chi connectivity index (χ4n) is 3.33. The molecule has 1 fully saturated rings. The minimum Gasteiger partial charge on any atom is -0.497 e. The van der Waals surface area contributed by atoms with E-state index in [0.29, 0.717) is 6.04 Å². The smallest absolute Gasteiger partial charge is 0.191 e. The minimum atomic E-state index is 0.421. The second-order valence-corrected chi connectivity index (χ2v) is 7.78. The summed E-state index contributed by atoms with van der Waals surface area (Å²) in [5, 5.41) is 9.06. The molecule has 0 amide bonds. The number of piperidine rings is 1. The molecule has 2 N–H and O–H groups in total. The van der Waals surface area contributed by atoms with Crippen LogP contribution in [0.1, 0.15) is 24.6 Å². The van der Waals surface area contributed by atoms with Crippen molar-refractivity contribution in [2.45, 2.75) is 32.4 Å². The quantitative estimate of drug-likeness (QED) is 0.548.